The van der Waals surface area contributed by atoms with Gasteiger partial charge in [-0.1, -0.05) is 47.5 Å². The van der Waals surface area contributed by atoms with Crippen molar-refractivity contribution >= 4 is 35.0 Å². The van der Waals surface area contributed by atoms with Gasteiger partial charge in [0.2, 0.25) is 0 Å². The highest BCUT2D eigenvalue weighted by Gasteiger charge is 2.28. The van der Waals surface area contributed by atoms with Crippen LogP contribution in [-0.2, 0) is 4.79 Å². The zero-order chi connectivity index (χ0) is 21.0. The Balaban J connectivity index is 1.52. The smallest absolute Gasteiger partial charge is 0.263 e. The minimum atomic E-state index is -0.677. The van der Waals surface area contributed by atoms with E-state index in [-0.39, 0.29) is 17.9 Å². The molecule has 0 aliphatic carbocycles. The summed E-state index contributed by atoms with van der Waals surface area (Å²) >= 11 is 12.1. The Morgan fingerprint density at radius 3 is 2.48 bits per heavy atom. The molecule has 2 amide bonds. The number of ether oxygens (including phenoxy) is 1. The van der Waals surface area contributed by atoms with Crippen LogP contribution in [-0.4, -0.2) is 41.9 Å². The first kappa shape index (κ1) is 21.5. The van der Waals surface area contributed by atoms with Crippen molar-refractivity contribution in [3.8, 4) is 5.75 Å². The molecule has 0 saturated carbocycles. The summed E-state index contributed by atoms with van der Waals surface area (Å²) in [5.74, 6) is 0.213. The Labute approximate surface area is 180 Å². The quantitative estimate of drug-likeness (QED) is 0.753. The Bertz CT molecular complexity index is 895. The molecule has 7 heteroatoms. The van der Waals surface area contributed by atoms with Crippen LogP contribution in [0.5, 0.6) is 5.75 Å². The maximum absolute atomic E-state index is 12.7. The lowest BCUT2D eigenvalue weighted by molar-refractivity contribution is -0.139. The lowest BCUT2D eigenvalue weighted by atomic mass is 10.0. The second kappa shape index (κ2) is 9.51. The van der Waals surface area contributed by atoms with Crippen LogP contribution >= 0.6 is 23.2 Å². The van der Waals surface area contributed by atoms with Crippen LogP contribution in [0.3, 0.4) is 0 Å². The first-order valence-electron chi connectivity index (χ1n) is 9.62. The Hall–Kier alpha value is -2.24. The number of hydrogen-bond donors (Lipinski definition) is 1. The molecule has 3 rings (SSSR count). The van der Waals surface area contributed by atoms with E-state index in [4.69, 9.17) is 27.9 Å². The second-order valence-electron chi connectivity index (χ2n) is 7.20. The van der Waals surface area contributed by atoms with Gasteiger partial charge in [-0.25, -0.2) is 0 Å². The van der Waals surface area contributed by atoms with Gasteiger partial charge in [-0.2, -0.15) is 0 Å². The first-order chi connectivity index (χ1) is 13.9. The van der Waals surface area contributed by atoms with Gasteiger partial charge in [0.15, 0.2) is 6.10 Å². The van der Waals surface area contributed by atoms with E-state index in [0.29, 0.717) is 47.3 Å². The molecule has 1 unspecified atom stereocenters. The molecule has 1 aliphatic heterocycles. The summed E-state index contributed by atoms with van der Waals surface area (Å²) in [5, 5.41) is 3.76. The minimum Gasteiger partial charge on any atom is -0.479 e. The molecule has 1 atom stereocenters. The molecule has 0 spiro atoms. The number of benzene rings is 2. The Kier molecular flexibility index (Phi) is 7.04. The maximum atomic E-state index is 12.7. The van der Waals surface area contributed by atoms with Gasteiger partial charge < -0.3 is 15.0 Å². The number of carbonyl (C=O) groups is 2. The van der Waals surface area contributed by atoms with Gasteiger partial charge in [0.25, 0.3) is 11.8 Å². The van der Waals surface area contributed by atoms with Gasteiger partial charge in [-0.05, 0) is 50.5 Å². The molecule has 0 bridgehead atoms. The third-order valence-corrected chi connectivity index (χ3v) is 5.90. The van der Waals surface area contributed by atoms with Crippen LogP contribution in [0.4, 0.5) is 0 Å². The SMILES string of the molecule is Cc1ccccc1C(=O)NC1CCN(C(=O)C(C)Oc2cccc(Cl)c2Cl)CC1. The van der Waals surface area contributed by atoms with E-state index < -0.39 is 6.10 Å². The van der Waals surface area contributed by atoms with Crippen molar-refractivity contribution in [3.05, 3.63) is 63.6 Å². The van der Waals surface area contributed by atoms with E-state index in [1.54, 1.807) is 30.0 Å². The van der Waals surface area contributed by atoms with Crippen molar-refractivity contribution in [3.63, 3.8) is 0 Å². The summed E-state index contributed by atoms with van der Waals surface area (Å²) in [6, 6.07) is 12.6. The highest BCUT2D eigenvalue weighted by molar-refractivity contribution is 6.42. The number of likely N-dealkylation sites (tertiary alicyclic amines) is 1. The third-order valence-electron chi connectivity index (χ3n) is 5.10. The van der Waals surface area contributed by atoms with Gasteiger partial charge >= 0.3 is 0 Å². The highest BCUT2D eigenvalue weighted by atomic mass is 35.5. The number of nitrogens with one attached hydrogen (secondary N) is 1. The molecule has 2 aromatic carbocycles. The van der Waals surface area contributed by atoms with Crippen LogP contribution in [0, 0.1) is 6.92 Å². The molecule has 29 heavy (non-hydrogen) atoms. The maximum Gasteiger partial charge on any atom is 0.263 e. The zero-order valence-corrected chi connectivity index (χ0v) is 18.0. The minimum absolute atomic E-state index is 0.0461. The van der Waals surface area contributed by atoms with Crippen molar-refractivity contribution < 1.29 is 14.3 Å². The Morgan fingerprint density at radius 1 is 1.10 bits per heavy atom. The lowest BCUT2D eigenvalue weighted by Gasteiger charge is -2.34. The molecular weight excluding hydrogens is 411 g/mol. The molecule has 1 fully saturated rings. The highest BCUT2D eigenvalue weighted by Crippen LogP contribution is 2.32. The van der Waals surface area contributed by atoms with Crippen LogP contribution in [0.25, 0.3) is 0 Å². The fourth-order valence-electron chi connectivity index (χ4n) is 3.41. The normalized spacial score (nSPS) is 15.7. The summed E-state index contributed by atoms with van der Waals surface area (Å²) in [7, 11) is 0. The van der Waals surface area contributed by atoms with E-state index in [2.05, 4.69) is 5.32 Å². The van der Waals surface area contributed by atoms with Crippen molar-refractivity contribution in [1.29, 1.82) is 0 Å². The number of amides is 2. The number of hydrogen-bond acceptors (Lipinski definition) is 3. The number of rotatable bonds is 5. The van der Waals surface area contributed by atoms with Crippen molar-refractivity contribution in [2.45, 2.75) is 38.8 Å². The van der Waals surface area contributed by atoms with Crippen LogP contribution in [0.15, 0.2) is 42.5 Å². The summed E-state index contributed by atoms with van der Waals surface area (Å²) < 4.78 is 5.73. The predicted molar refractivity (Wildman–Crippen MR) is 115 cm³/mol. The zero-order valence-electron chi connectivity index (χ0n) is 16.5. The van der Waals surface area contributed by atoms with Crippen LogP contribution < -0.4 is 10.1 Å². The first-order valence-corrected chi connectivity index (χ1v) is 10.4. The molecule has 0 aromatic heterocycles. The third kappa shape index (κ3) is 5.22. The van der Waals surface area contributed by atoms with E-state index in [9.17, 15) is 9.59 Å². The second-order valence-corrected chi connectivity index (χ2v) is 7.99. The standard InChI is InChI=1S/C22H24Cl2N2O3/c1-14-6-3-4-7-17(14)21(27)25-16-10-12-26(13-11-16)22(28)15(2)29-19-9-5-8-18(23)20(19)24/h3-9,15-16H,10-13H2,1-2H3,(H,25,27). The lowest BCUT2D eigenvalue weighted by Crippen LogP contribution is -2.49. The number of piperidine rings is 1. The molecule has 1 saturated heterocycles. The largest absolute Gasteiger partial charge is 0.479 e. The molecule has 0 radical (unpaired) electrons. The van der Waals surface area contributed by atoms with E-state index in [1.807, 2.05) is 31.2 Å². The molecule has 1 aliphatic rings. The number of nitrogens with zero attached hydrogens (tertiary/aromatic N) is 1. The summed E-state index contributed by atoms with van der Waals surface area (Å²) in [5.41, 5.74) is 1.63. The van der Waals surface area contributed by atoms with Crippen molar-refractivity contribution in [1.82, 2.24) is 10.2 Å². The fraction of sp³-hybridized carbons (Fsp3) is 0.364. The van der Waals surface area contributed by atoms with Gasteiger partial charge in [0, 0.05) is 24.7 Å². The van der Waals surface area contributed by atoms with Crippen LogP contribution in [0.2, 0.25) is 10.0 Å². The van der Waals surface area contributed by atoms with Gasteiger partial charge in [0.1, 0.15) is 10.8 Å². The molecular formula is C22H24Cl2N2O3. The molecule has 2 aromatic rings. The molecule has 1 heterocycles. The molecule has 1 N–H and O–H groups in total. The summed E-state index contributed by atoms with van der Waals surface area (Å²) in [6.07, 6.45) is 0.728. The van der Waals surface area contributed by atoms with Crippen molar-refractivity contribution in [2.75, 3.05) is 13.1 Å². The molecule has 154 valence electrons. The van der Waals surface area contributed by atoms with Crippen molar-refractivity contribution in [2.24, 2.45) is 0 Å². The Morgan fingerprint density at radius 2 is 1.79 bits per heavy atom. The van der Waals surface area contributed by atoms with E-state index >= 15 is 0 Å². The number of carbonyl (C=O) groups excluding carboxylic acids is 2. The topological polar surface area (TPSA) is 58.6 Å². The average Bonchev–Trinajstić information content (AvgIpc) is 2.71. The fourth-order valence-corrected chi connectivity index (χ4v) is 3.74. The van der Waals surface area contributed by atoms with Gasteiger partial charge in [-0.15, -0.1) is 0 Å². The van der Waals surface area contributed by atoms with Crippen LogP contribution in [0.1, 0.15) is 35.7 Å². The van der Waals surface area contributed by atoms with Gasteiger partial charge in [-0.3, -0.25) is 9.59 Å². The van der Waals surface area contributed by atoms with E-state index in [1.165, 1.54) is 0 Å². The summed E-state index contributed by atoms with van der Waals surface area (Å²) in [6.45, 7) is 4.75. The average molecular weight is 435 g/mol. The number of halogens is 2. The molecule has 5 nitrogen and oxygen atoms in total. The van der Waals surface area contributed by atoms with E-state index in [0.717, 1.165) is 5.56 Å². The summed E-state index contributed by atoms with van der Waals surface area (Å²) in [4.78, 5) is 27.0. The van der Waals surface area contributed by atoms with Gasteiger partial charge in [0.05, 0.1) is 5.02 Å². The number of aryl methyl sites for hydroxylation is 1. The monoisotopic (exact) mass is 434 g/mol. The predicted octanol–water partition coefficient (Wildman–Crippen LogP) is 4.49.